The minimum absolute atomic E-state index is 0.0181. The topological polar surface area (TPSA) is 35.6 Å². The molecule has 0 bridgehead atoms. The predicted molar refractivity (Wildman–Crippen MR) is 174 cm³/mol. The highest BCUT2D eigenvalue weighted by atomic mass is 15.1. The first kappa shape index (κ1) is 24.4. The van der Waals surface area contributed by atoms with Crippen LogP contribution in [0.1, 0.15) is 48.8 Å². The van der Waals surface area contributed by atoms with Crippen molar-refractivity contribution in [3.05, 3.63) is 101 Å². The van der Waals surface area contributed by atoms with Crippen molar-refractivity contribution in [2.24, 2.45) is 0 Å². The van der Waals surface area contributed by atoms with E-state index in [4.69, 9.17) is 9.97 Å². The minimum atomic E-state index is -0.140. The highest BCUT2D eigenvalue weighted by Crippen LogP contribution is 2.38. The summed E-state index contributed by atoms with van der Waals surface area (Å²) in [4.78, 5) is 10.1. The van der Waals surface area contributed by atoms with Crippen LogP contribution in [0.2, 0.25) is 0 Å². The van der Waals surface area contributed by atoms with Gasteiger partial charge in [0.15, 0.2) is 0 Å². The minimum Gasteiger partial charge on any atom is -0.375 e. The maximum Gasteiger partial charge on any atom is 0.332 e. The standard InChI is InChI=1S/C36H33BN4/c1-20-15-22(3)31-25(17-20)26-18-21(2)16-23(4)32(26)41(31)37-28-12-8-9-14-30(28)40-33-24(11-10-13-29(33)37)27-19-38-35(36(5,6)7)39-34(27)40/h8-19H,1-7H3. The molecule has 0 saturated heterocycles. The molecule has 4 nitrogen and oxygen atoms in total. The van der Waals surface area contributed by atoms with E-state index in [1.165, 1.54) is 71.6 Å². The summed E-state index contributed by atoms with van der Waals surface area (Å²) in [6.45, 7) is 15.5. The monoisotopic (exact) mass is 532 g/mol. The number of benzene rings is 4. The SMILES string of the molecule is Cc1cc(C)c2c(c1)c1cc(C)cc(C)c1n2B1c2ccccc2-n2c3nc(C(C)(C)C)ncc3c3cccc1c32. The second-order valence-electron chi connectivity index (χ2n) is 13.0. The van der Waals surface area contributed by atoms with E-state index >= 15 is 0 Å². The van der Waals surface area contributed by atoms with Crippen molar-refractivity contribution in [1.82, 2.24) is 19.0 Å². The van der Waals surface area contributed by atoms with Crippen molar-refractivity contribution >= 4 is 61.5 Å². The Kier molecular flexibility index (Phi) is 4.82. The molecule has 0 aliphatic carbocycles. The maximum absolute atomic E-state index is 5.21. The second kappa shape index (κ2) is 8.10. The third-order valence-corrected chi connectivity index (χ3v) is 8.92. The van der Waals surface area contributed by atoms with Crippen molar-refractivity contribution in [3.63, 3.8) is 0 Å². The van der Waals surface area contributed by atoms with E-state index in [1.54, 1.807) is 0 Å². The zero-order valence-corrected chi connectivity index (χ0v) is 24.8. The molecular formula is C36H33BN4. The summed E-state index contributed by atoms with van der Waals surface area (Å²) in [6.07, 6.45) is 2.04. The molecule has 7 aromatic rings. The lowest BCUT2D eigenvalue weighted by Crippen LogP contribution is -2.53. The first-order chi connectivity index (χ1) is 19.6. The molecular weight excluding hydrogens is 499 g/mol. The van der Waals surface area contributed by atoms with Gasteiger partial charge >= 0.3 is 6.85 Å². The largest absolute Gasteiger partial charge is 0.375 e. The average Bonchev–Trinajstić information content (AvgIpc) is 3.43. The Morgan fingerprint density at radius 3 is 1.95 bits per heavy atom. The fraction of sp³-hybridized carbons (Fsp3) is 0.222. The highest BCUT2D eigenvalue weighted by molar-refractivity contribution is 6.88. The van der Waals surface area contributed by atoms with Crippen LogP contribution in [0.3, 0.4) is 0 Å². The van der Waals surface area contributed by atoms with E-state index in [1.807, 2.05) is 6.20 Å². The summed E-state index contributed by atoms with van der Waals surface area (Å²) in [5.41, 5.74) is 13.7. The van der Waals surface area contributed by atoms with Gasteiger partial charge in [0.05, 0.1) is 5.52 Å². The molecule has 4 heterocycles. The van der Waals surface area contributed by atoms with Gasteiger partial charge in [0.25, 0.3) is 0 Å². The molecule has 0 atom stereocenters. The van der Waals surface area contributed by atoms with Crippen LogP contribution in [0.15, 0.2) is 72.9 Å². The summed E-state index contributed by atoms with van der Waals surface area (Å²) in [5, 5.41) is 4.98. The molecule has 41 heavy (non-hydrogen) atoms. The molecule has 0 spiro atoms. The number of hydrogen-bond acceptors (Lipinski definition) is 2. The Morgan fingerprint density at radius 1 is 0.659 bits per heavy atom. The number of aromatic nitrogens is 4. The Morgan fingerprint density at radius 2 is 1.29 bits per heavy atom. The quantitative estimate of drug-likeness (QED) is 0.210. The lowest BCUT2D eigenvalue weighted by atomic mass is 9.48. The van der Waals surface area contributed by atoms with E-state index in [2.05, 4.69) is 124 Å². The van der Waals surface area contributed by atoms with Crippen LogP contribution in [-0.4, -0.2) is 25.9 Å². The van der Waals surface area contributed by atoms with Crippen molar-refractivity contribution in [2.75, 3.05) is 0 Å². The van der Waals surface area contributed by atoms with Crippen molar-refractivity contribution in [1.29, 1.82) is 0 Å². The van der Waals surface area contributed by atoms with Gasteiger partial charge in [-0.1, -0.05) is 80.4 Å². The zero-order valence-electron chi connectivity index (χ0n) is 24.8. The molecule has 0 N–H and O–H groups in total. The lowest BCUT2D eigenvalue weighted by molar-refractivity contribution is 0.547. The number of aryl methyl sites for hydroxylation is 4. The molecule has 5 heteroatoms. The normalized spacial score (nSPS) is 13.2. The van der Waals surface area contributed by atoms with Crippen LogP contribution < -0.4 is 10.9 Å². The van der Waals surface area contributed by atoms with Crippen LogP contribution in [0, 0.1) is 27.7 Å². The van der Waals surface area contributed by atoms with E-state index < -0.39 is 0 Å². The summed E-state index contributed by atoms with van der Waals surface area (Å²) in [6, 6.07) is 25.1. The van der Waals surface area contributed by atoms with Crippen molar-refractivity contribution in [3.8, 4) is 5.69 Å². The molecule has 3 aromatic heterocycles. The summed E-state index contributed by atoms with van der Waals surface area (Å²) in [7, 11) is 0. The van der Waals surface area contributed by atoms with E-state index in [0.29, 0.717) is 0 Å². The Labute approximate surface area is 240 Å². The molecule has 0 fully saturated rings. The third kappa shape index (κ3) is 3.23. The molecule has 200 valence electrons. The summed E-state index contributed by atoms with van der Waals surface area (Å²) < 4.78 is 5.03. The van der Waals surface area contributed by atoms with Gasteiger partial charge in [-0.3, -0.25) is 4.57 Å². The number of nitrogens with zero attached hydrogens (tertiary/aromatic N) is 4. The van der Waals surface area contributed by atoms with E-state index in [0.717, 1.165) is 16.9 Å². The fourth-order valence-corrected chi connectivity index (χ4v) is 7.39. The predicted octanol–water partition coefficient (Wildman–Crippen LogP) is 7.18. The number of hydrogen-bond donors (Lipinski definition) is 0. The first-order valence-corrected chi connectivity index (χ1v) is 14.6. The van der Waals surface area contributed by atoms with Gasteiger partial charge in [-0.15, -0.1) is 0 Å². The molecule has 1 aliphatic heterocycles. The van der Waals surface area contributed by atoms with Crippen LogP contribution >= 0.6 is 0 Å². The van der Waals surface area contributed by atoms with Gasteiger partial charge in [0.2, 0.25) is 0 Å². The van der Waals surface area contributed by atoms with Gasteiger partial charge < -0.3 is 4.48 Å². The average molecular weight is 533 g/mol. The molecule has 0 radical (unpaired) electrons. The Balaban J connectivity index is 1.58. The molecule has 0 amide bonds. The van der Waals surface area contributed by atoms with Crippen LogP contribution in [0.4, 0.5) is 0 Å². The summed E-state index contributed by atoms with van der Waals surface area (Å²) >= 11 is 0. The van der Waals surface area contributed by atoms with Crippen molar-refractivity contribution in [2.45, 2.75) is 53.9 Å². The van der Waals surface area contributed by atoms with Crippen LogP contribution in [0.25, 0.3) is 49.4 Å². The lowest BCUT2D eigenvalue weighted by Gasteiger charge is -2.29. The smallest absolute Gasteiger partial charge is 0.332 e. The van der Waals surface area contributed by atoms with Gasteiger partial charge in [-0.2, -0.15) is 0 Å². The molecule has 8 rings (SSSR count). The molecule has 0 saturated carbocycles. The van der Waals surface area contributed by atoms with Crippen LogP contribution in [0.5, 0.6) is 0 Å². The highest BCUT2D eigenvalue weighted by Gasteiger charge is 2.37. The fourth-order valence-electron chi connectivity index (χ4n) is 7.39. The maximum atomic E-state index is 5.21. The van der Waals surface area contributed by atoms with E-state index in [-0.39, 0.29) is 12.3 Å². The Hall–Kier alpha value is -4.38. The second-order valence-corrected chi connectivity index (χ2v) is 13.0. The molecule has 1 aliphatic rings. The number of para-hydroxylation sites is 2. The van der Waals surface area contributed by atoms with Gasteiger partial charge in [-0.25, -0.2) is 9.97 Å². The van der Waals surface area contributed by atoms with Gasteiger partial charge in [0, 0.05) is 49.9 Å². The van der Waals surface area contributed by atoms with Crippen molar-refractivity contribution < 1.29 is 0 Å². The summed E-state index contributed by atoms with van der Waals surface area (Å²) in [5.74, 6) is 0.865. The number of rotatable bonds is 1. The van der Waals surface area contributed by atoms with Crippen LogP contribution in [-0.2, 0) is 5.41 Å². The van der Waals surface area contributed by atoms with Gasteiger partial charge in [0.1, 0.15) is 11.5 Å². The zero-order chi connectivity index (χ0) is 28.4. The Bertz CT molecular complexity index is 2180. The van der Waals surface area contributed by atoms with E-state index in [9.17, 15) is 0 Å². The molecule has 4 aromatic carbocycles. The van der Waals surface area contributed by atoms with Gasteiger partial charge in [-0.05, 0) is 67.9 Å². The molecule has 0 unspecified atom stereocenters. The number of fused-ring (bicyclic) bond motifs is 8. The third-order valence-electron chi connectivity index (χ3n) is 8.92. The first-order valence-electron chi connectivity index (χ1n) is 14.6.